The molecule has 2 aromatic carbocycles. The van der Waals surface area contributed by atoms with Crippen molar-refractivity contribution >= 4 is 27.5 Å². The molecule has 5 nitrogen and oxygen atoms in total. The number of hydrogen-bond acceptors (Lipinski definition) is 3. The van der Waals surface area contributed by atoms with E-state index in [1.54, 1.807) is 33.8 Å². The summed E-state index contributed by atoms with van der Waals surface area (Å²) in [7, 11) is -3.84. The van der Waals surface area contributed by atoms with Crippen molar-refractivity contribution in [2.45, 2.75) is 50.6 Å². The van der Waals surface area contributed by atoms with Gasteiger partial charge in [0.15, 0.2) is 0 Å². The summed E-state index contributed by atoms with van der Waals surface area (Å²) in [6.45, 7) is 6.91. The first-order chi connectivity index (χ1) is 12.9. The highest BCUT2D eigenvalue weighted by atomic mass is 35.5. The Bertz CT molecular complexity index is 975. The van der Waals surface area contributed by atoms with Gasteiger partial charge in [-0.3, -0.25) is 4.79 Å². The molecule has 2 rings (SSSR count). The zero-order valence-corrected chi connectivity index (χ0v) is 17.8. The smallest absolute Gasteiger partial charge is 0.254 e. The molecule has 0 aromatic heterocycles. The number of carbonyl (C=O) groups is 1. The molecule has 0 heterocycles. The SMILES string of the molecule is CC(C)NS(=O)(=O)c1ccc(F)c(C(=O)NC(C)(C)Cc2ccccc2Cl)c1. The molecule has 152 valence electrons. The van der Waals surface area contributed by atoms with Gasteiger partial charge in [-0.2, -0.15) is 0 Å². The summed E-state index contributed by atoms with van der Waals surface area (Å²) in [5, 5.41) is 3.33. The van der Waals surface area contributed by atoms with Gasteiger partial charge in [-0.15, -0.1) is 0 Å². The number of sulfonamides is 1. The van der Waals surface area contributed by atoms with Crippen molar-refractivity contribution in [2.75, 3.05) is 0 Å². The Morgan fingerprint density at radius 3 is 2.43 bits per heavy atom. The van der Waals surface area contributed by atoms with E-state index < -0.39 is 27.3 Å². The van der Waals surface area contributed by atoms with E-state index in [1.165, 1.54) is 0 Å². The maximum absolute atomic E-state index is 14.2. The summed E-state index contributed by atoms with van der Waals surface area (Å²) in [4.78, 5) is 12.5. The van der Waals surface area contributed by atoms with Gasteiger partial charge in [0, 0.05) is 16.6 Å². The molecule has 2 N–H and O–H groups in total. The highest BCUT2D eigenvalue weighted by Crippen LogP contribution is 2.22. The molecule has 0 spiro atoms. The van der Waals surface area contributed by atoms with Crippen molar-refractivity contribution in [1.29, 1.82) is 0 Å². The van der Waals surface area contributed by atoms with E-state index in [2.05, 4.69) is 10.0 Å². The fourth-order valence-electron chi connectivity index (χ4n) is 2.76. The third kappa shape index (κ3) is 5.77. The van der Waals surface area contributed by atoms with Crippen LogP contribution in [0.5, 0.6) is 0 Å². The van der Waals surface area contributed by atoms with Gasteiger partial charge in [-0.05, 0) is 63.9 Å². The number of rotatable bonds is 7. The Kier molecular flexibility index (Phi) is 6.85. The lowest BCUT2D eigenvalue weighted by Gasteiger charge is -2.27. The van der Waals surface area contributed by atoms with E-state index in [0.717, 1.165) is 23.8 Å². The highest BCUT2D eigenvalue weighted by molar-refractivity contribution is 7.89. The maximum Gasteiger partial charge on any atom is 0.254 e. The minimum Gasteiger partial charge on any atom is -0.347 e. The third-order valence-electron chi connectivity index (χ3n) is 3.93. The number of nitrogens with one attached hydrogen (secondary N) is 2. The van der Waals surface area contributed by atoms with Crippen molar-refractivity contribution in [2.24, 2.45) is 0 Å². The Morgan fingerprint density at radius 1 is 1.18 bits per heavy atom. The molecule has 28 heavy (non-hydrogen) atoms. The lowest BCUT2D eigenvalue weighted by atomic mass is 9.94. The van der Waals surface area contributed by atoms with Gasteiger partial charge in [-0.1, -0.05) is 29.8 Å². The molecular weight excluding hydrogens is 403 g/mol. The Morgan fingerprint density at radius 2 is 1.82 bits per heavy atom. The van der Waals surface area contributed by atoms with E-state index in [1.807, 2.05) is 18.2 Å². The van der Waals surface area contributed by atoms with Crippen LogP contribution in [0.2, 0.25) is 5.02 Å². The quantitative estimate of drug-likeness (QED) is 0.704. The summed E-state index contributed by atoms with van der Waals surface area (Å²) < 4.78 is 41.3. The van der Waals surface area contributed by atoms with Crippen LogP contribution in [0.15, 0.2) is 47.4 Å². The number of amides is 1. The average molecular weight is 427 g/mol. The van der Waals surface area contributed by atoms with Crippen LogP contribution in [-0.2, 0) is 16.4 Å². The van der Waals surface area contributed by atoms with Crippen LogP contribution in [0.3, 0.4) is 0 Å². The van der Waals surface area contributed by atoms with E-state index >= 15 is 0 Å². The molecule has 0 aliphatic rings. The van der Waals surface area contributed by atoms with Crippen LogP contribution in [0.1, 0.15) is 43.6 Å². The van der Waals surface area contributed by atoms with Gasteiger partial charge >= 0.3 is 0 Å². The first kappa shape index (κ1) is 22.3. The lowest BCUT2D eigenvalue weighted by molar-refractivity contribution is 0.0908. The van der Waals surface area contributed by atoms with Crippen LogP contribution >= 0.6 is 11.6 Å². The number of benzene rings is 2. The van der Waals surface area contributed by atoms with Crippen LogP contribution in [0, 0.1) is 5.82 Å². The lowest BCUT2D eigenvalue weighted by Crippen LogP contribution is -2.45. The monoisotopic (exact) mass is 426 g/mol. The second-order valence-corrected chi connectivity index (χ2v) is 9.65. The van der Waals surface area contributed by atoms with Gasteiger partial charge < -0.3 is 5.32 Å². The van der Waals surface area contributed by atoms with Crippen LogP contribution in [-0.4, -0.2) is 25.9 Å². The molecule has 0 radical (unpaired) electrons. The minimum atomic E-state index is -3.84. The average Bonchev–Trinajstić information content (AvgIpc) is 2.55. The fourth-order valence-corrected chi connectivity index (χ4v) is 4.24. The summed E-state index contributed by atoms with van der Waals surface area (Å²) >= 11 is 6.18. The third-order valence-corrected chi connectivity index (χ3v) is 5.95. The summed E-state index contributed by atoms with van der Waals surface area (Å²) in [5.74, 6) is -1.49. The predicted octanol–water partition coefficient (Wildman–Crippen LogP) is 3.92. The van der Waals surface area contributed by atoms with E-state index in [-0.39, 0.29) is 16.5 Å². The Labute approximate surface area is 170 Å². The van der Waals surface area contributed by atoms with E-state index in [9.17, 15) is 17.6 Å². The molecule has 8 heteroatoms. The van der Waals surface area contributed by atoms with Crippen molar-refractivity contribution in [3.63, 3.8) is 0 Å². The molecule has 0 bridgehead atoms. The van der Waals surface area contributed by atoms with Gasteiger partial charge in [0.05, 0.1) is 10.5 Å². The fraction of sp³-hybridized carbons (Fsp3) is 0.350. The zero-order chi connectivity index (χ0) is 21.1. The second-order valence-electron chi connectivity index (χ2n) is 7.52. The molecule has 0 aliphatic heterocycles. The molecule has 0 atom stereocenters. The molecule has 0 fully saturated rings. The zero-order valence-electron chi connectivity index (χ0n) is 16.2. The topological polar surface area (TPSA) is 75.3 Å². The highest BCUT2D eigenvalue weighted by Gasteiger charge is 2.26. The normalized spacial score (nSPS) is 12.2. The van der Waals surface area contributed by atoms with Crippen molar-refractivity contribution in [3.8, 4) is 0 Å². The van der Waals surface area contributed by atoms with Crippen molar-refractivity contribution in [3.05, 3.63) is 64.4 Å². The van der Waals surface area contributed by atoms with E-state index in [4.69, 9.17) is 11.6 Å². The molecule has 0 unspecified atom stereocenters. The van der Waals surface area contributed by atoms with Gasteiger partial charge in [-0.25, -0.2) is 17.5 Å². The van der Waals surface area contributed by atoms with Crippen LogP contribution in [0.25, 0.3) is 0 Å². The Balaban J connectivity index is 2.26. The maximum atomic E-state index is 14.2. The summed E-state index contributed by atoms with van der Waals surface area (Å²) in [5.41, 5.74) is -0.231. The first-order valence-electron chi connectivity index (χ1n) is 8.79. The summed E-state index contributed by atoms with van der Waals surface area (Å²) in [6.07, 6.45) is 0.424. The van der Waals surface area contributed by atoms with Crippen molar-refractivity contribution < 1.29 is 17.6 Å². The second kappa shape index (κ2) is 8.59. The predicted molar refractivity (Wildman–Crippen MR) is 109 cm³/mol. The first-order valence-corrected chi connectivity index (χ1v) is 10.7. The summed E-state index contributed by atoms with van der Waals surface area (Å²) in [6, 6.07) is 10.1. The van der Waals surface area contributed by atoms with Crippen LogP contribution < -0.4 is 10.0 Å². The van der Waals surface area contributed by atoms with E-state index in [0.29, 0.717) is 11.4 Å². The number of hydrogen-bond donors (Lipinski definition) is 2. The number of halogens is 2. The van der Waals surface area contributed by atoms with Gasteiger partial charge in [0.25, 0.3) is 5.91 Å². The van der Waals surface area contributed by atoms with Gasteiger partial charge in [0.1, 0.15) is 5.82 Å². The molecule has 0 saturated heterocycles. The number of carbonyl (C=O) groups excluding carboxylic acids is 1. The molecule has 0 aliphatic carbocycles. The van der Waals surface area contributed by atoms with Crippen LogP contribution in [0.4, 0.5) is 4.39 Å². The molecule has 0 saturated carbocycles. The molecule has 1 amide bonds. The molecular formula is C20H24ClFN2O3S. The van der Waals surface area contributed by atoms with Crippen molar-refractivity contribution in [1.82, 2.24) is 10.0 Å². The molecule has 2 aromatic rings. The Hall–Kier alpha value is -1.96. The largest absolute Gasteiger partial charge is 0.347 e. The van der Waals surface area contributed by atoms with Gasteiger partial charge in [0.2, 0.25) is 10.0 Å². The minimum absolute atomic E-state index is 0.170. The standard InChI is InChI=1S/C20H24ClFN2O3S/c1-13(2)24-28(26,27)15-9-10-18(22)16(11-15)19(25)23-20(3,4)12-14-7-5-6-8-17(14)21/h5-11,13,24H,12H2,1-4H3,(H,23,25).